The van der Waals surface area contributed by atoms with E-state index in [-0.39, 0.29) is 0 Å². The molecule has 0 fully saturated rings. The van der Waals surface area contributed by atoms with Gasteiger partial charge in [-0.05, 0) is 11.5 Å². The first-order valence-electron chi connectivity index (χ1n) is 0.716. The maximum Gasteiger partial charge on any atom is -0.0442 e. The third kappa shape index (κ3) is 63.8. The molecule has 5 N–H and O–H groups in total. The van der Waals surface area contributed by atoms with E-state index in [1.54, 1.807) is 0 Å². The highest BCUT2D eigenvalue weighted by molar-refractivity contribution is 8.07. The van der Waals surface area contributed by atoms with E-state index in [2.05, 4.69) is 10.3 Å². The topological polar surface area (TPSA) is 72.3 Å². The van der Waals surface area contributed by atoms with E-state index in [0.29, 0.717) is 0 Å². The highest BCUT2D eigenvalue weighted by Crippen LogP contribution is 1.83. The van der Waals surface area contributed by atoms with Crippen LogP contribution in [0.2, 0.25) is 0 Å². The van der Waals surface area contributed by atoms with Crippen molar-refractivity contribution in [2.45, 2.75) is 0 Å². The van der Waals surface area contributed by atoms with Crippen LogP contribution in [0.25, 0.3) is 0 Å². The highest BCUT2D eigenvalue weighted by Gasteiger charge is 1.57. The molecule has 0 aromatic heterocycles. The van der Waals surface area contributed by atoms with Gasteiger partial charge in [-0.15, -0.1) is 0 Å². The van der Waals surface area contributed by atoms with Crippen LogP contribution in [-0.4, -0.2) is 4.55 Å². The zero-order valence-corrected chi connectivity index (χ0v) is 2.94. The summed E-state index contributed by atoms with van der Waals surface area (Å²) >= 11 is -1.62. The van der Waals surface area contributed by atoms with Crippen LogP contribution < -0.4 is 10.3 Å². The molecule has 0 aromatic rings. The van der Waals surface area contributed by atoms with Crippen LogP contribution in [0.4, 0.5) is 0 Å². The fraction of sp³-hybridized carbons (Fsp3) is 0. The van der Waals surface area contributed by atoms with Crippen molar-refractivity contribution in [2.75, 3.05) is 0 Å². The van der Waals surface area contributed by atoms with Crippen LogP contribution in [-0.2, 0) is 0 Å². The molecule has 0 radical (unpaired) electrons. The molecule has 4 heavy (non-hydrogen) atoms. The Balaban J connectivity index is 2.32. The number of hydrogen-bond donors (Lipinski definition) is 4. The summed E-state index contributed by atoms with van der Waals surface area (Å²) in [6.45, 7) is 0. The predicted octanol–water partition coefficient (Wildman–Crippen LogP) is -0.792. The summed E-state index contributed by atoms with van der Waals surface area (Å²) in [7, 11) is 0. The Hall–Kier alpha value is 0.230. The summed E-state index contributed by atoms with van der Waals surface area (Å²) in [5.74, 6) is 0. The Labute approximate surface area is 27.4 Å². The zero-order valence-electron chi connectivity index (χ0n) is 2.05. The summed E-state index contributed by atoms with van der Waals surface area (Å²) < 4.78 is 7.68. The van der Waals surface area contributed by atoms with Gasteiger partial charge in [0.05, 0.1) is 0 Å². The molecule has 4 heteroatoms. The second-order valence-corrected chi connectivity index (χ2v) is 1.14. The number of hydrogen-bond acceptors (Lipinski definition) is 3. The molecule has 0 aromatic carbocycles. The Kier molecular flexibility index (Phi) is 1.63. The van der Waals surface area contributed by atoms with Crippen molar-refractivity contribution in [3.8, 4) is 0 Å². The van der Waals surface area contributed by atoms with Gasteiger partial charge in [0.2, 0.25) is 0 Å². The molecule has 0 saturated carbocycles. The largest absolute Gasteiger partial charge is 0.328 e. The van der Waals surface area contributed by atoms with Gasteiger partial charge < -0.3 is 4.55 Å². The van der Waals surface area contributed by atoms with E-state index >= 15 is 0 Å². The summed E-state index contributed by atoms with van der Waals surface area (Å²) in [5, 5.41) is 9.02. The van der Waals surface area contributed by atoms with Crippen LogP contribution in [0.5, 0.6) is 0 Å². The van der Waals surface area contributed by atoms with E-state index in [4.69, 9.17) is 4.55 Å². The fourth-order valence-corrected chi connectivity index (χ4v) is 0. The first-order valence-corrected chi connectivity index (χ1v) is 2.15. The quantitative estimate of drug-likeness (QED) is 0.289. The number of rotatable bonds is 0. The maximum absolute atomic E-state index is 7.68. The van der Waals surface area contributed by atoms with Gasteiger partial charge in [0.15, 0.2) is 0 Å². The predicted molar refractivity (Wildman–Crippen MR) is 20.0 cm³/mol. The number of thiol groups is 1. The van der Waals surface area contributed by atoms with E-state index < -0.39 is 11.5 Å². The molecule has 0 saturated heterocycles. The molecule has 0 rings (SSSR count). The molecule has 0 spiro atoms. The Morgan fingerprint density at radius 2 is 1.50 bits per heavy atom. The van der Waals surface area contributed by atoms with Gasteiger partial charge in [0.1, 0.15) is 0 Å². The molecular formula is H6N2OS. The summed E-state index contributed by atoms with van der Waals surface area (Å²) in [4.78, 5) is 0. The van der Waals surface area contributed by atoms with Crippen molar-refractivity contribution in [2.24, 2.45) is 10.3 Å². The van der Waals surface area contributed by atoms with Crippen LogP contribution in [0.3, 0.4) is 0 Å². The second-order valence-electron chi connectivity index (χ2n) is 0.380. The van der Waals surface area contributed by atoms with Gasteiger partial charge >= 0.3 is 0 Å². The van der Waals surface area contributed by atoms with Gasteiger partial charge in [-0.2, -0.15) is 0 Å². The highest BCUT2D eigenvalue weighted by atomic mass is 32.2. The van der Waals surface area contributed by atoms with Gasteiger partial charge in [0.25, 0.3) is 0 Å². The Morgan fingerprint density at radius 3 is 1.50 bits per heavy atom. The average molecular weight is 82.1 g/mol. The summed E-state index contributed by atoms with van der Waals surface area (Å²) in [6.07, 6.45) is 0. The van der Waals surface area contributed by atoms with Crippen LogP contribution in [0.1, 0.15) is 0 Å². The van der Waals surface area contributed by atoms with Gasteiger partial charge in [-0.1, -0.05) is 0 Å². The molecule has 28 valence electrons. The molecular weight excluding hydrogens is 76.1 g/mol. The van der Waals surface area contributed by atoms with Crippen molar-refractivity contribution in [1.82, 2.24) is 0 Å². The first-order chi connectivity index (χ1) is 1.73. The van der Waals surface area contributed by atoms with Crippen molar-refractivity contribution < 1.29 is 4.55 Å². The van der Waals surface area contributed by atoms with Gasteiger partial charge in [-0.25, -0.2) is 0 Å². The lowest BCUT2D eigenvalue weighted by Gasteiger charge is -1.90. The van der Waals surface area contributed by atoms with E-state index in [1.807, 2.05) is 0 Å². The van der Waals surface area contributed by atoms with Crippen molar-refractivity contribution >= 4 is 11.5 Å². The molecule has 0 atom stereocenters. The molecule has 3 nitrogen and oxygen atoms in total. The normalized spacial score (nSPS) is 11.2. The van der Waals surface area contributed by atoms with Crippen LogP contribution in [0.15, 0.2) is 0 Å². The Morgan fingerprint density at radius 1 is 1.50 bits per heavy atom. The third-order valence-electron chi connectivity index (χ3n) is 0. The molecule has 0 aliphatic rings. The van der Waals surface area contributed by atoms with Crippen molar-refractivity contribution in [3.05, 3.63) is 0 Å². The lowest BCUT2D eigenvalue weighted by atomic mass is 13.9. The zero-order chi connectivity index (χ0) is 3.58. The van der Waals surface area contributed by atoms with E-state index in [9.17, 15) is 0 Å². The second kappa shape index (κ2) is 1.54. The monoisotopic (exact) mass is 82.0 g/mol. The molecule has 0 bridgehead atoms. The molecule has 0 aliphatic heterocycles. The molecule has 0 unspecified atom stereocenters. The average Bonchev–Trinajstić information content (AvgIpc) is 0.811. The minimum atomic E-state index is -1.62. The fourth-order valence-electron chi connectivity index (χ4n) is 0. The minimum absolute atomic E-state index is 1.62. The maximum atomic E-state index is 7.68. The lowest BCUT2D eigenvalue weighted by Crippen LogP contribution is -1.99. The molecule has 0 aliphatic carbocycles. The van der Waals surface area contributed by atoms with Crippen LogP contribution >= 0.6 is 11.5 Å². The summed E-state index contributed by atoms with van der Waals surface area (Å²) in [6, 6.07) is 0. The minimum Gasteiger partial charge on any atom is -0.328 e. The van der Waals surface area contributed by atoms with Crippen LogP contribution in [0, 0.1) is 0 Å². The van der Waals surface area contributed by atoms with E-state index in [1.165, 1.54) is 0 Å². The third-order valence-corrected chi connectivity index (χ3v) is 0. The van der Waals surface area contributed by atoms with Crippen molar-refractivity contribution in [3.63, 3.8) is 0 Å². The Bertz CT molecular complexity index is 10.8. The smallest absolute Gasteiger partial charge is 0.0442 e. The lowest BCUT2D eigenvalue weighted by molar-refractivity contribution is 0.649. The van der Waals surface area contributed by atoms with Crippen molar-refractivity contribution in [1.29, 1.82) is 0 Å². The van der Waals surface area contributed by atoms with Gasteiger partial charge in [-0.3, -0.25) is 10.3 Å². The molecule has 0 heterocycles. The van der Waals surface area contributed by atoms with E-state index in [0.717, 1.165) is 0 Å². The van der Waals surface area contributed by atoms with Gasteiger partial charge in [0, 0.05) is 0 Å². The summed E-state index contributed by atoms with van der Waals surface area (Å²) in [5.41, 5.74) is 0. The first kappa shape index (κ1) is 4.23. The number of nitrogens with two attached hydrogens (primary N) is 2. The SMILES string of the molecule is N[SH](N)O. The standard InChI is InChI=1S/H6N2OS/c1-4(2)3/h3-4H,1-2H2. The molecule has 0 amide bonds.